The molecule has 2 atom stereocenters. The molecule has 0 aromatic heterocycles. The minimum absolute atomic E-state index is 0.0280. The van der Waals surface area contributed by atoms with Crippen molar-refractivity contribution >= 4 is 17.4 Å². The number of carbonyl (C=O) groups is 2. The number of nitrogens with zero attached hydrogens (tertiary/aromatic N) is 1. The number of fused-ring (bicyclic) bond motifs is 1. The van der Waals surface area contributed by atoms with Crippen LogP contribution in [0.25, 0.3) is 5.76 Å². The summed E-state index contributed by atoms with van der Waals surface area (Å²) in [5.41, 5.74) is 0.902. The molecule has 3 aromatic carbocycles. The van der Waals surface area contributed by atoms with Crippen LogP contribution < -0.4 is 9.47 Å². The summed E-state index contributed by atoms with van der Waals surface area (Å²) >= 11 is 0. The number of likely N-dealkylation sites (tertiary alicyclic amines) is 1. The first-order chi connectivity index (χ1) is 18.1. The maximum absolute atomic E-state index is 13.3. The first-order valence-electron chi connectivity index (χ1n) is 11.9. The summed E-state index contributed by atoms with van der Waals surface area (Å²) in [6, 6.07) is 15.2. The van der Waals surface area contributed by atoms with Crippen molar-refractivity contribution in [3.05, 3.63) is 100 Å². The van der Waals surface area contributed by atoms with Gasteiger partial charge >= 0.3 is 6.18 Å². The lowest BCUT2D eigenvalue weighted by Gasteiger charge is -2.26. The summed E-state index contributed by atoms with van der Waals surface area (Å²) in [5.74, 6) is -0.969. The third kappa shape index (κ3) is 4.60. The lowest BCUT2D eigenvalue weighted by atomic mass is 9.94. The van der Waals surface area contributed by atoms with E-state index in [-0.39, 0.29) is 29.5 Å². The number of carbonyl (C=O) groups excluding carboxylic acids is 2. The largest absolute Gasteiger partial charge is 0.507 e. The number of hydrogen-bond donors (Lipinski definition) is 1. The topological polar surface area (TPSA) is 76.1 Å². The second kappa shape index (κ2) is 9.55. The van der Waals surface area contributed by atoms with Crippen molar-refractivity contribution in [1.82, 2.24) is 4.90 Å². The van der Waals surface area contributed by atoms with E-state index in [1.54, 1.807) is 42.5 Å². The number of aliphatic hydroxyl groups is 1. The van der Waals surface area contributed by atoms with Gasteiger partial charge in [-0.05, 0) is 66.1 Å². The number of aliphatic hydroxyl groups excluding tert-OH is 1. The molecule has 1 amide bonds. The van der Waals surface area contributed by atoms with Crippen molar-refractivity contribution < 1.29 is 37.3 Å². The summed E-state index contributed by atoms with van der Waals surface area (Å²) in [7, 11) is 1.49. The zero-order valence-electron chi connectivity index (χ0n) is 20.6. The van der Waals surface area contributed by atoms with Crippen molar-refractivity contribution in [1.29, 1.82) is 0 Å². The summed E-state index contributed by atoms with van der Waals surface area (Å²) in [5, 5.41) is 11.3. The average molecular weight is 524 g/mol. The van der Waals surface area contributed by atoms with E-state index in [1.165, 1.54) is 24.1 Å². The van der Waals surface area contributed by atoms with Gasteiger partial charge in [-0.3, -0.25) is 9.59 Å². The van der Waals surface area contributed by atoms with Crippen LogP contribution in [0.5, 0.6) is 11.5 Å². The number of hydrogen-bond acceptors (Lipinski definition) is 5. The Morgan fingerprint density at radius 2 is 1.82 bits per heavy atom. The molecule has 5 rings (SSSR count). The molecule has 196 valence electrons. The van der Waals surface area contributed by atoms with E-state index in [2.05, 4.69) is 0 Å². The molecule has 3 aromatic rings. The molecular weight excluding hydrogens is 499 g/mol. The molecular formula is C29H24F3NO5. The highest BCUT2D eigenvalue weighted by Gasteiger charge is 2.46. The van der Waals surface area contributed by atoms with Gasteiger partial charge in [0.1, 0.15) is 23.4 Å². The zero-order chi connectivity index (χ0) is 27.2. The molecule has 38 heavy (non-hydrogen) atoms. The first kappa shape index (κ1) is 25.4. The van der Waals surface area contributed by atoms with Crippen molar-refractivity contribution in [3.8, 4) is 11.5 Å². The fourth-order valence-electron chi connectivity index (χ4n) is 4.94. The second-order valence-electron chi connectivity index (χ2n) is 9.35. The van der Waals surface area contributed by atoms with Gasteiger partial charge in [0, 0.05) is 18.5 Å². The van der Waals surface area contributed by atoms with Crippen LogP contribution in [0.1, 0.15) is 40.8 Å². The van der Waals surface area contributed by atoms with Gasteiger partial charge in [-0.15, -0.1) is 0 Å². The van der Waals surface area contributed by atoms with Crippen LogP contribution in [0.4, 0.5) is 13.2 Å². The smallest absolute Gasteiger partial charge is 0.416 e. The number of Topliss-reactive ketones (excluding diaryl/α,β-unsaturated/α-hetero) is 1. The minimum Gasteiger partial charge on any atom is -0.507 e. The molecule has 2 heterocycles. The number of alkyl halides is 3. The number of ketones is 1. The Bertz CT molecular complexity index is 1450. The molecule has 0 spiro atoms. The van der Waals surface area contributed by atoms with Crippen LogP contribution in [0, 0.1) is 0 Å². The Morgan fingerprint density at radius 1 is 1.08 bits per heavy atom. The van der Waals surface area contributed by atoms with Crippen LogP contribution in [0.15, 0.2) is 72.3 Å². The van der Waals surface area contributed by atoms with Crippen LogP contribution in [-0.2, 0) is 28.7 Å². The maximum Gasteiger partial charge on any atom is 0.416 e. The normalized spacial score (nSPS) is 20.4. The Kier molecular flexibility index (Phi) is 6.38. The molecule has 2 unspecified atom stereocenters. The number of ether oxygens (including phenoxy) is 2. The summed E-state index contributed by atoms with van der Waals surface area (Å²) in [6.45, 7) is 1.65. The number of amides is 1. The number of methoxy groups -OCH3 is 1. The molecule has 1 N–H and O–H groups in total. The van der Waals surface area contributed by atoms with E-state index in [9.17, 15) is 27.9 Å². The fourth-order valence-corrected chi connectivity index (χ4v) is 4.94. The Hall–Kier alpha value is -4.27. The third-order valence-corrected chi connectivity index (χ3v) is 6.75. The van der Waals surface area contributed by atoms with Gasteiger partial charge in [-0.1, -0.05) is 24.3 Å². The monoisotopic (exact) mass is 523 g/mol. The Balaban J connectivity index is 1.61. The second-order valence-corrected chi connectivity index (χ2v) is 9.35. The van der Waals surface area contributed by atoms with Crippen molar-refractivity contribution in [2.24, 2.45) is 0 Å². The van der Waals surface area contributed by atoms with E-state index >= 15 is 0 Å². The lowest BCUT2D eigenvalue weighted by Crippen LogP contribution is -2.29. The molecule has 6 nitrogen and oxygen atoms in total. The molecule has 2 aliphatic rings. The van der Waals surface area contributed by atoms with E-state index in [4.69, 9.17) is 9.47 Å². The SMILES string of the molecule is COc1ccc(C2/C(=C(/O)c3ccc4c(c3)CC(C)O4)C(=O)C(=O)N2Cc2cccc(C(F)(F)F)c2)cc1. The molecule has 2 aliphatic heterocycles. The molecule has 1 fully saturated rings. The number of halogens is 3. The molecule has 0 aliphatic carbocycles. The van der Waals surface area contributed by atoms with Crippen LogP contribution >= 0.6 is 0 Å². The Morgan fingerprint density at radius 3 is 2.50 bits per heavy atom. The van der Waals surface area contributed by atoms with Gasteiger partial charge in [0.25, 0.3) is 11.7 Å². The summed E-state index contributed by atoms with van der Waals surface area (Å²) in [4.78, 5) is 27.7. The molecule has 0 saturated carbocycles. The summed E-state index contributed by atoms with van der Waals surface area (Å²) in [6.07, 6.45) is -3.96. The maximum atomic E-state index is 13.3. The Labute approximate surface area is 216 Å². The predicted molar refractivity (Wildman–Crippen MR) is 133 cm³/mol. The molecule has 9 heteroatoms. The zero-order valence-corrected chi connectivity index (χ0v) is 20.6. The van der Waals surface area contributed by atoms with E-state index in [0.717, 1.165) is 17.7 Å². The van der Waals surface area contributed by atoms with E-state index in [0.29, 0.717) is 29.0 Å². The predicted octanol–water partition coefficient (Wildman–Crippen LogP) is 5.66. The first-order valence-corrected chi connectivity index (χ1v) is 11.9. The van der Waals surface area contributed by atoms with Crippen LogP contribution in [0.2, 0.25) is 0 Å². The summed E-state index contributed by atoms with van der Waals surface area (Å²) < 4.78 is 50.9. The van der Waals surface area contributed by atoms with Crippen LogP contribution in [0.3, 0.4) is 0 Å². The van der Waals surface area contributed by atoms with Gasteiger partial charge in [-0.25, -0.2) is 0 Å². The van der Waals surface area contributed by atoms with Crippen molar-refractivity contribution in [2.45, 2.75) is 38.2 Å². The minimum atomic E-state index is -4.56. The quantitative estimate of drug-likeness (QED) is 0.265. The fraction of sp³-hybridized carbons (Fsp3) is 0.241. The van der Waals surface area contributed by atoms with Crippen molar-refractivity contribution in [2.75, 3.05) is 7.11 Å². The standard InChI is InChI=1S/C29H24F3NO5/c1-16-12-20-14-19(8-11-23(20)38-16)26(34)24-25(18-6-9-22(37-2)10-7-18)33(28(36)27(24)35)15-17-4-3-5-21(13-17)29(30,31)32/h3-11,13-14,16,25,34H,12,15H2,1-2H3/b26-24-. The lowest BCUT2D eigenvalue weighted by molar-refractivity contribution is -0.140. The highest BCUT2D eigenvalue weighted by atomic mass is 19.4. The number of rotatable bonds is 5. The van der Waals surface area contributed by atoms with Crippen LogP contribution in [-0.4, -0.2) is 34.9 Å². The molecule has 0 bridgehead atoms. The van der Waals surface area contributed by atoms with Crippen molar-refractivity contribution in [3.63, 3.8) is 0 Å². The van der Waals surface area contributed by atoms with Gasteiger partial charge in [0.15, 0.2) is 0 Å². The van der Waals surface area contributed by atoms with Gasteiger partial charge in [-0.2, -0.15) is 13.2 Å². The van der Waals surface area contributed by atoms with Gasteiger partial charge < -0.3 is 19.5 Å². The van der Waals surface area contributed by atoms with Gasteiger partial charge in [0.2, 0.25) is 0 Å². The molecule has 1 saturated heterocycles. The van der Waals surface area contributed by atoms with Gasteiger partial charge in [0.05, 0.1) is 24.3 Å². The highest BCUT2D eigenvalue weighted by Crippen LogP contribution is 2.42. The van der Waals surface area contributed by atoms with E-state index in [1.807, 2.05) is 6.92 Å². The highest BCUT2D eigenvalue weighted by molar-refractivity contribution is 6.46. The number of benzene rings is 3. The van der Waals surface area contributed by atoms with E-state index < -0.39 is 29.5 Å². The average Bonchev–Trinajstić information content (AvgIpc) is 3.39. The molecule has 0 radical (unpaired) electrons. The third-order valence-electron chi connectivity index (χ3n) is 6.75.